The molecule has 2 aromatic rings. The number of nitrogens with one attached hydrogen (secondary N) is 1. The lowest BCUT2D eigenvalue weighted by Gasteiger charge is -2.27. The average molecular weight is 441 g/mol. The topological polar surface area (TPSA) is 85.0 Å². The number of carbonyl (C=O) groups is 2. The monoisotopic (exact) mass is 440 g/mol. The Labute approximate surface area is 177 Å². The largest absolute Gasteiger partial charge is 0.337 e. The smallest absolute Gasteiger partial charge is 0.283 e. The van der Waals surface area contributed by atoms with Crippen molar-refractivity contribution in [2.75, 3.05) is 18.4 Å². The molecule has 4 rings (SSSR count). The molecule has 30 heavy (non-hydrogen) atoms. The van der Waals surface area contributed by atoms with Crippen LogP contribution in [-0.4, -0.2) is 49.4 Å². The summed E-state index contributed by atoms with van der Waals surface area (Å²) in [6, 6.07) is 0. The van der Waals surface area contributed by atoms with Gasteiger partial charge < -0.3 is 10.2 Å². The van der Waals surface area contributed by atoms with Crippen molar-refractivity contribution in [3.8, 4) is 0 Å². The second-order valence-electron chi connectivity index (χ2n) is 7.75. The number of piperidine rings is 1. The number of anilines is 1. The molecule has 11 heteroatoms. The van der Waals surface area contributed by atoms with Gasteiger partial charge in [-0.3, -0.25) is 19.0 Å². The van der Waals surface area contributed by atoms with Gasteiger partial charge in [-0.15, -0.1) is 0 Å². The lowest BCUT2D eigenvalue weighted by atomic mass is 10.1. The van der Waals surface area contributed by atoms with E-state index in [1.54, 1.807) is 11.9 Å². The van der Waals surface area contributed by atoms with Crippen molar-refractivity contribution < 1.29 is 18.4 Å². The molecule has 1 N–H and O–H groups in total. The molecule has 1 aliphatic heterocycles. The third kappa shape index (κ3) is 4.05. The van der Waals surface area contributed by atoms with E-state index in [0.29, 0.717) is 30.2 Å². The summed E-state index contributed by atoms with van der Waals surface area (Å²) >= 11 is 6.10. The Hall–Kier alpha value is -2.49. The summed E-state index contributed by atoms with van der Waals surface area (Å²) in [6.07, 6.45) is 3.24. The Bertz CT molecular complexity index is 963. The summed E-state index contributed by atoms with van der Waals surface area (Å²) in [5.41, 5.74) is 0.546. The van der Waals surface area contributed by atoms with Crippen molar-refractivity contribution in [2.24, 2.45) is 7.05 Å². The maximum Gasteiger partial charge on any atom is 0.283 e. The van der Waals surface area contributed by atoms with Gasteiger partial charge in [-0.2, -0.15) is 10.2 Å². The van der Waals surface area contributed by atoms with Gasteiger partial charge in [0.1, 0.15) is 17.9 Å². The van der Waals surface area contributed by atoms with Crippen molar-refractivity contribution in [3.63, 3.8) is 0 Å². The van der Waals surface area contributed by atoms with Gasteiger partial charge in [0.25, 0.3) is 12.3 Å². The molecule has 0 bridgehead atoms. The number of nitrogens with zero attached hydrogens (tertiary/aromatic N) is 5. The fraction of sp³-hybridized carbons (Fsp3) is 0.579. The summed E-state index contributed by atoms with van der Waals surface area (Å²) in [6.45, 7) is 1.07. The highest BCUT2D eigenvalue weighted by molar-refractivity contribution is 6.32. The van der Waals surface area contributed by atoms with Gasteiger partial charge >= 0.3 is 0 Å². The quantitative estimate of drug-likeness (QED) is 0.746. The van der Waals surface area contributed by atoms with E-state index in [0.717, 1.165) is 32.1 Å². The van der Waals surface area contributed by atoms with Crippen LogP contribution in [0, 0.1) is 0 Å². The summed E-state index contributed by atoms with van der Waals surface area (Å²) in [5, 5.41) is 10.6. The van der Waals surface area contributed by atoms with Gasteiger partial charge in [0.15, 0.2) is 0 Å². The summed E-state index contributed by atoms with van der Waals surface area (Å²) < 4.78 is 29.1. The number of rotatable bonds is 6. The van der Waals surface area contributed by atoms with Gasteiger partial charge in [-0.05, 0) is 32.1 Å². The molecule has 0 aromatic carbocycles. The SMILES string of the molecule is Cn1ncc(NC(=O)Cn2nc(C(F)F)c(Cl)c2C2CC2)c1C(=O)N1CCCCC1. The number of likely N-dealkylation sites (tertiary alicyclic amines) is 1. The molecule has 8 nitrogen and oxygen atoms in total. The van der Waals surface area contributed by atoms with Crippen LogP contribution >= 0.6 is 11.6 Å². The van der Waals surface area contributed by atoms with Crippen molar-refractivity contribution >= 4 is 29.1 Å². The molecule has 3 heterocycles. The first-order valence-corrected chi connectivity index (χ1v) is 10.4. The Morgan fingerprint density at radius 3 is 2.60 bits per heavy atom. The van der Waals surface area contributed by atoms with Gasteiger partial charge in [-0.25, -0.2) is 8.78 Å². The first-order chi connectivity index (χ1) is 14.4. The standard InChI is InChI=1S/C19H23ClF2N6O2/c1-26-17(19(30)27-7-3-2-4-8-27)12(9-23-26)24-13(29)10-28-16(11-5-6-11)14(20)15(25-28)18(21)22/h9,11,18H,2-8,10H2,1H3,(H,24,29). The zero-order valence-corrected chi connectivity index (χ0v) is 17.3. The van der Waals surface area contributed by atoms with Crippen LogP contribution < -0.4 is 5.32 Å². The number of alkyl halides is 2. The molecule has 0 unspecified atom stereocenters. The van der Waals surface area contributed by atoms with Crippen LogP contribution in [0.5, 0.6) is 0 Å². The van der Waals surface area contributed by atoms with E-state index >= 15 is 0 Å². The zero-order valence-electron chi connectivity index (χ0n) is 16.6. The average Bonchev–Trinajstić information content (AvgIpc) is 3.41. The van der Waals surface area contributed by atoms with E-state index in [2.05, 4.69) is 15.5 Å². The van der Waals surface area contributed by atoms with Crippen LogP contribution in [0.4, 0.5) is 14.5 Å². The van der Waals surface area contributed by atoms with Gasteiger partial charge in [0.05, 0.1) is 22.6 Å². The first kappa shape index (κ1) is 20.8. The molecule has 2 amide bonds. The highest BCUT2D eigenvalue weighted by Crippen LogP contribution is 2.45. The molecular weight excluding hydrogens is 418 g/mol. The predicted molar refractivity (Wildman–Crippen MR) is 106 cm³/mol. The molecule has 2 aromatic heterocycles. The van der Waals surface area contributed by atoms with E-state index in [-0.39, 0.29) is 23.4 Å². The lowest BCUT2D eigenvalue weighted by Crippen LogP contribution is -2.37. The zero-order chi connectivity index (χ0) is 21.4. The van der Waals surface area contributed by atoms with Crippen LogP contribution in [0.3, 0.4) is 0 Å². The normalized spacial score (nSPS) is 16.9. The fourth-order valence-corrected chi connectivity index (χ4v) is 4.21. The molecule has 2 fully saturated rings. The molecule has 0 spiro atoms. The maximum absolute atomic E-state index is 13.2. The van der Waals surface area contributed by atoms with Crippen molar-refractivity contribution in [2.45, 2.75) is 51.0 Å². The highest BCUT2D eigenvalue weighted by Gasteiger charge is 2.34. The molecule has 0 radical (unpaired) electrons. The molecule has 1 aliphatic carbocycles. The second-order valence-corrected chi connectivity index (χ2v) is 8.13. The Morgan fingerprint density at radius 1 is 1.27 bits per heavy atom. The minimum atomic E-state index is -2.81. The lowest BCUT2D eigenvalue weighted by molar-refractivity contribution is -0.117. The number of carbonyl (C=O) groups excluding carboxylic acids is 2. The first-order valence-electron chi connectivity index (χ1n) is 10.0. The van der Waals surface area contributed by atoms with Crippen molar-refractivity contribution in [1.82, 2.24) is 24.5 Å². The van der Waals surface area contributed by atoms with Crippen LogP contribution in [0.1, 0.15) is 66.3 Å². The number of aromatic nitrogens is 4. The number of aryl methyl sites for hydroxylation is 1. The van der Waals surface area contributed by atoms with Crippen LogP contribution in [-0.2, 0) is 18.4 Å². The number of hydrogen-bond acceptors (Lipinski definition) is 4. The summed E-state index contributed by atoms with van der Waals surface area (Å²) in [4.78, 5) is 27.3. The summed E-state index contributed by atoms with van der Waals surface area (Å²) in [7, 11) is 1.64. The molecule has 2 aliphatic rings. The van der Waals surface area contributed by atoms with Gasteiger partial charge in [0, 0.05) is 26.1 Å². The van der Waals surface area contributed by atoms with E-state index in [4.69, 9.17) is 11.6 Å². The van der Waals surface area contributed by atoms with Crippen molar-refractivity contribution in [1.29, 1.82) is 0 Å². The fourth-order valence-electron chi connectivity index (χ4n) is 3.83. The third-order valence-corrected chi connectivity index (χ3v) is 5.87. The molecule has 1 saturated carbocycles. The van der Waals surface area contributed by atoms with E-state index in [1.807, 2.05) is 0 Å². The number of halogens is 3. The minimum absolute atomic E-state index is 0.0416. The molecule has 162 valence electrons. The van der Waals surface area contributed by atoms with E-state index < -0.39 is 18.0 Å². The van der Waals surface area contributed by atoms with Gasteiger partial charge in [-0.1, -0.05) is 11.6 Å². The Kier molecular flexibility index (Phi) is 5.77. The highest BCUT2D eigenvalue weighted by atomic mass is 35.5. The summed E-state index contributed by atoms with van der Waals surface area (Å²) in [5.74, 6) is -0.636. The molecule has 0 atom stereocenters. The molecular formula is C19H23ClF2N6O2. The Balaban J connectivity index is 1.52. The number of amides is 2. The van der Waals surface area contributed by atoms with E-state index in [9.17, 15) is 18.4 Å². The van der Waals surface area contributed by atoms with Crippen LogP contribution in [0.15, 0.2) is 6.20 Å². The number of hydrogen-bond donors (Lipinski definition) is 1. The van der Waals surface area contributed by atoms with Crippen LogP contribution in [0.2, 0.25) is 5.02 Å². The van der Waals surface area contributed by atoms with E-state index in [1.165, 1.54) is 15.6 Å². The maximum atomic E-state index is 13.2. The predicted octanol–water partition coefficient (Wildman–Crippen LogP) is 3.35. The van der Waals surface area contributed by atoms with Gasteiger partial charge in [0.2, 0.25) is 5.91 Å². The third-order valence-electron chi connectivity index (χ3n) is 5.48. The molecule has 1 saturated heterocycles. The minimum Gasteiger partial charge on any atom is -0.337 e. The second kappa shape index (κ2) is 8.33. The van der Waals surface area contributed by atoms with Crippen molar-refractivity contribution in [3.05, 3.63) is 28.3 Å². The van der Waals surface area contributed by atoms with Crippen LogP contribution in [0.25, 0.3) is 0 Å². The Morgan fingerprint density at radius 2 is 1.97 bits per heavy atom.